The molecule has 1 aliphatic heterocycles. The Morgan fingerprint density at radius 3 is 2.58 bits per heavy atom. The molecule has 6 heteroatoms. The first kappa shape index (κ1) is 16.4. The second kappa shape index (κ2) is 6.57. The van der Waals surface area contributed by atoms with Crippen LogP contribution in [0.1, 0.15) is 35.7 Å². The van der Waals surface area contributed by atoms with Gasteiger partial charge >= 0.3 is 0 Å². The van der Waals surface area contributed by atoms with Gasteiger partial charge in [0.1, 0.15) is 17.7 Å². The molecule has 0 spiro atoms. The lowest BCUT2D eigenvalue weighted by molar-refractivity contribution is -0.0177. The maximum Gasteiger partial charge on any atom is 0.257 e. The van der Waals surface area contributed by atoms with E-state index in [0.29, 0.717) is 12.1 Å². The Bertz CT molecular complexity index is 701. The number of benzene rings is 1. The van der Waals surface area contributed by atoms with Crippen molar-refractivity contribution in [2.24, 2.45) is 0 Å². The molecule has 1 amide bonds. The summed E-state index contributed by atoms with van der Waals surface area (Å²) in [5.74, 6) is 0.585. The molecule has 0 bridgehead atoms. The molecule has 2 heterocycles. The molecule has 1 N–H and O–H groups in total. The van der Waals surface area contributed by atoms with Gasteiger partial charge in [-0.05, 0) is 37.5 Å². The number of carbonyl (C=O) groups is 1. The summed E-state index contributed by atoms with van der Waals surface area (Å²) in [5.41, 5.74) is 0.0564. The summed E-state index contributed by atoms with van der Waals surface area (Å²) in [7, 11) is 1.60. The van der Waals surface area contributed by atoms with Crippen LogP contribution >= 0.6 is 0 Å². The average molecular weight is 327 g/mol. The van der Waals surface area contributed by atoms with Crippen LogP contribution in [-0.2, 0) is 5.60 Å². The highest BCUT2D eigenvalue weighted by Crippen LogP contribution is 2.36. The van der Waals surface area contributed by atoms with E-state index in [0.717, 1.165) is 24.2 Å². The highest BCUT2D eigenvalue weighted by molar-refractivity contribution is 5.94. The van der Waals surface area contributed by atoms with Crippen molar-refractivity contribution in [2.45, 2.75) is 31.4 Å². The number of nitrogens with zero attached hydrogens (tertiary/aromatic N) is 3. The lowest BCUT2D eigenvalue weighted by Gasteiger charge is -2.37. The third kappa shape index (κ3) is 2.97. The van der Waals surface area contributed by atoms with E-state index in [1.54, 1.807) is 18.9 Å². The summed E-state index contributed by atoms with van der Waals surface area (Å²) in [4.78, 5) is 22.3. The Balaban J connectivity index is 1.87. The second-order valence-corrected chi connectivity index (χ2v) is 6.16. The SMILES string of the molecule is COc1ccc([C@](C)(O)[C@@H]2CCCN2C(=O)c2cncnc2)cc1. The van der Waals surface area contributed by atoms with E-state index in [1.165, 1.54) is 18.7 Å². The zero-order chi connectivity index (χ0) is 17.2. The fourth-order valence-corrected chi connectivity index (χ4v) is 3.29. The van der Waals surface area contributed by atoms with E-state index in [2.05, 4.69) is 9.97 Å². The number of aliphatic hydroxyl groups is 1. The Hall–Kier alpha value is -2.47. The van der Waals surface area contributed by atoms with Crippen molar-refractivity contribution in [1.82, 2.24) is 14.9 Å². The summed E-state index contributed by atoms with van der Waals surface area (Å²) >= 11 is 0. The molecule has 1 aromatic heterocycles. The standard InChI is InChI=1S/C18H21N3O3/c1-18(23,14-5-7-15(24-2)8-6-14)16-4-3-9-21(16)17(22)13-10-19-12-20-11-13/h5-8,10-12,16,23H,3-4,9H2,1-2H3/t16-,18-/m0/s1. The van der Waals surface area contributed by atoms with Crippen molar-refractivity contribution in [1.29, 1.82) is 0 Å². The van der Waals surface area contributed by atoms with Crippen molar-refractivity contribution >= 4 is 5.91 Å². The number of likely N-dealkylation sites (tertiary alicyclic amines) is 1. The summed E-state index contributed by atoms with van der Waals surface area (Å²) in [6.45, 7) is 2.37. The quantitative estimate of drug-likeness (QED) is 0.929. The number of hydrogen-bond donors (Lipinski definition) is 1. The highest BCUT2D eigenvalue weighted by atomic mass is 16.5. The van der Waals surface area contributed by atoms with Crippen molar-refractivity contribution < 1.29 is 14.6 Å². The normalized spacial score (nSPS) is 19.8. The fourth-order valence-electron chi connectivity index (χ4n) is 3.29. The predicted molar refractivity (Wildman–Crippen MR) is 88.7 cm³/mol. The first-order valence-corrected chi connectivity index (χ1v) is 7.97. The number of hydrogen-bond acceptors (Lipinski definition) is 5. The Morgan fingerprint density at radius 2 is 1.96 bits per heavy atom. The van der Waals surface area contributed by atoms with Gasteiger partial charge in [-0.25, -0.2) is 9.97 Å². The molecule has 2 aromatic rings. The monoisotopic (exact) mass is 327 g/mol. The molecule has 6 nitrogen and oxygen atoms in total. The average Bonchev–Trinajstić information content (AvgIpc) is 3.12. The number of ether oxygens (including phenoxy) is 1. The molecular weight excluding hydrogens is 306 g/mol. The van der Waals surface area contributed by atoms with E-state index < -0.39 is 5.60 Å². The lowest BCUT2D eigenvalue weighted by atomic mass is 9.86. The predicted octanol–water partition coefficient (Wildman–Crippen LogP) is 2.00. The summed E-state index contributed by atoms with van der Waals surface area (Å²) in [6, 6.07) is 7.02. The number of rotatable bonds is 4. The van der Waals surface area contributed by atoms with Crippen LogP contribution in [0.25, 0.3) is 0 Å². The zero-order valence-corrected chi connectivity index (χ0v) is 13.8. The molecular formula is C18H21N3O3. The minimum Gasteiger partial charge on any atom is -0.497 e. The molecule has 1 aliphatic rings. The highest BCUT2D eigenvalue weighted by Gasteiger charge is 2.42. The number of carbonyl (C=O) groups excluding carboxylic acids is 1. The molecule has 0 radical (unpaired) electrons. The third-order valence-corrected chi connectivity index (χ3v) is 4.64. The van der Waals surface area contributed by atoms with Gasteiger partial charge in [-0.15, -0.1) is 0 Å². The smallest absolute Gasteiger partial charge is 0.257 e. The minimum atomic E-state index is -1.14. The Labute approximate surface area is 141 Å². The largest absolute Gasteiger partial charge is 0.497 e. The number of aromatic nitrogens is 2. The van der Waals surface area contributed by atoms with Crippen LogP contribution in [0.15, 0.2) is 43.0 Å². The van der Waals surface area contributed by atoms with E-state index in [1.807, 2.05) is 24.3 Å². The summed E-state index contributed by atoms with van der Waals surface area (Å²) in [6.07, 6.45) is 6.01. The maximum absolute atomic E-state index is 12.8. The van der Waals surface area contributed by atoms with Crippen LogP contribution in [0.2, 0.25) is 0 Å². The molecule has 2 atom stereocenters. The first-order valence-electron chi connectivity index (χ1n) is 7.97. The molecule has 24 heavy (non-hydrogen) atoms. The van der Waals surface area contributed by atoms with E-state index in [9.17, 15) is 9.90 Å². The fraction of sp³-hybridized carbons (Fsp3) is 0.389. The van der Waals surface area contributed by atoms with E-state index in [4.69, 9.17) is 4.74 Å². The first-order chi connectivity index (χ1) is 11.5. The molecule has 0 aliphatic carbocycles. The van der Waals surface area contributed by atoms with E-state index >= 15 is 0 Å². The molecule has 1 saturated heterocycles. The van der Waals surface area contributed by atoms with Crippen LogP contribution < -0.4 is 4.74 Å². The summed E-state index contributed by atoms with van der Waals surface area (Å²) in [5, 5.41) is 11.1. The van der Waals surface area contributed by atoms with Gasteiger partial charge in [-0.2, -0.15) is 0 Å². The van der Waals surface area contributed by atoms with Crippen LogP contribution in [0.3, 0.4) is 0 Å². The molecule has 0 unspecified atom stereocenters. The van der Waals surface area contributed by atoms with Gasteiger partial charge < -0.3 is 14.7 Å². The number of amides is 1. The van der Waals surface area contributed by atoms with Gasteiger partial charge in [0, 0.05) is 18.9 Å². The maximum atomic E-state index is 12.8. The zero-order valence-electron chi connectivity index (χ0n) is 13.8. The second-order valence-electron chi connectivity index (χ2n) is 6.16. The molecule has 1 aromatic carbocycles. The van der Waals surface area contributed by atoms with Crippen LogP contribution in [0, 0.1) is 0 Å². The van der Waals surface area contributed by atoms with Gasteiger partial charge in [0.05, 0.1) is 18.7 Å². The van der Waals surface area contributed by atoms with Gasteiger partial charge in [0.25, 0.3) is 5.91 Å². The Kier molecular flexibility index (Phi) is 4.49. The van der Waals surface area contributed by atoms with E-state index in [-0.39, 0.29) is 11.9 Å². The third-order valence-electron chi connectivity index (χ3n) is 4.64. The van der Waals surface area contributed by atoms with Gasteiger partial charge in [-0.3, -0.25) is 4.79 Å². The minimum absolute atomic E-state index is 0.146. The van der Waals surface area contributed by atoms with Crippen molar-refractivity contribution in [2.75, 3.05) is 13.7 Å². The Morgan fingerprint density at radius 1 is 1.29 bits per heavy atom. The van der Waals surface area contributed by atoms with Crippen LogP contribution in [0.4, 0.5) is 0 Å². The topological polar surface area (TPSA) is 75.6 Å². The van der Waals surface area contributed by atoms with Crippen molar-refractivity contribution in [3.8, 4) is 5.75 Å². The number of methoxy groups -OCH3 is 1. The molecule has 1 fully saturated rings. The van der Waals surface area contributed by atoms with Crippen LogP contribution in [-0.4, -0.2) is 45.6 Å². The summed E-state index contributed by atoms with van der Waals surface area (Å²) < 4.78 is 5.16. The molecule has 126 valence electrons. The van der Waals surface area contributed by atoms with Crippen LogP contribution in [0.5, 0.6) is 5.75 Å². The van der Waals surface area contributed by atoms with Gasteiger partial charge in [0.15, 0.2) is 0 Å². The molecule has 0 saturated carbocycles. The van der Waals surface area contributed by atoms with Gasteiger partial charge in [-0.1, -0.05) is 12.1 Å². The molecule has 3 rings (SSSR count). The van der Waals surface area contributed by atoms with Gasteiger partial charge in [0.2, 0.25) is 0 Å². The lowest BCUT2D eigenvalue weighted by Crippen LogP contribution is -2.48. The van der Waals surface area contributed by atoms with Crippen molar-refractivity contribution in [3.63, 3.8) is 0 Å². The van der Waals surface area contributed by atoms with Crippen molar-refractivity contribution in [3.05, 3.63) is 54.1 Å².